The number of amides is 1. The van der Waals surface area contributed by atoms with E-state index < -0.39 is 0 Å². The van der Waals surface area contributed by atoms with E-state index in [-0.39, 0.29) is 17.6 Å². The van der Waals surface area contributed by atoms with Crippen LogP contribution >= 0.6 is 0 Å². The smallest absolute Gasteiger partial charge is 0.228 e. The van der Waals surface area contributed by atoms with Crippen molar-refractivity contribution in [3.8, 4) is 0 Å². The molecule has 1 amide bonds. The molecule has 3 nitrogen and oxygen atoms in total. The molecule has 14 heavy (non-hydrogen) atoms. The second kappa shape index (κ2) is 2.32. The lowest BCUT2D eigenvalue weighted by Gasteiger charge is -2.35. The zero-order valence-electron chi connectivity index (χ0n) is 8.99. The van der Waals surface area contributed by atoms with E-state index in [1.165, 1.54) is 0 Å². The summed E-state index contributed by atoms with van der Waals surface area (Å²) in [6.07, 6.45) is 2.80. The predicted octanol–water partition coefficient (Wildman–Crippen LogP) is 1.03. The van der Waals surface area contributed by atoms with Crippen LogP contribution in [0.1, 0.15) is 26.7 Å². The molecule has 3 aliphatic heterocycles. The van der Waals surface area contributed by atoms with Crippen molar-refractivity contribution in [2.45, 2.75) is 44.4 Å². The molecular weight excluding hydrogens is 178 g/mol. The maximum atomic E-state index is 12.0. The average molecular weight is 195 g/mol. The Morgan fingerprint density at radius 1 is 1.36 bits per heavy atom. The standard InChI is InChI=1S/C11H17NO2/c1-11(2)9-7-5-4-6(14-7)8(9)10(13)12(11)3/h6-9H,4-5H2,1-3H3. The Labute approximate surface area is 84.4 Å². The summed E-state index contributed by atoms with van der Waals surface area (Å²) in [6, 6.07) is 0. The minimum Gasteiger partial charge on any atom is -0.374 e. The van der Waals surface area contributed by atoms with Crippen molar-refractivity contribution in [3.05, 3.63) is 0 Å². The Bertz CT molecular complexity index is 300. The van der Waals surface area contributed by atoms with Crippen molar-refractivity contribution in [2.24, 2.45) is 11.8 Å². The first-order chi connectivity index (χ1) is 6.53. The highest BCUT2D eigenvalue weighted by Gasteiger charge is 2.64. The van der Waals surface area contributed by atoms with E-state index in [2.05, 4.69) is 13.8 Å². The van der Waals surface area contributed by atoms with E-state index >= 15 is 0 Å². The van der Waals surface area contributed by atoms with Crippen molar-refractivity contribution in [2.75, 3.05) is 7.05 Å². The predicted molar refractivity (Wildman–Crippen MR) is 51.7 cm³/mol. The number of hydrogen-bond donors (Lipinski definition) is 0. The SMILES string of the molecule is CN1C(=O)C2C3CCC(O3)C2C1(C)C. The zero-order valence-corrected chi connectivity index (χ0v) is 8.99. The van der Waals surface area contributed by atoms with Gasteiger partial charge in [-0.25, -0.2) is 0 Å². The largest absolute Gasteiger partial charge is 0.374 e. The van der Waals surface area contributed by atoms with Crippen LogP contribution < -0.4 is 0 Å². The second-order valence-electron chi connectivity index (χ2n) is 5.39. The number of ether oxygens (including phenoxy) is 1. The van der Waals surface area contributed by atoms with Crippen molar-refractivity contribution < 1.29 is 9.53 Å². The van der Waals surface area contributed by atoms with Gasteiger partial charge < -0.3 is 9.64 Å². The highest BCUT2D eigenvalue weighted by molar-refractivity contribution is 5.84. The van der Waals surface area contributed by atoms with Crippen LogP contribution in [-0.2, 0) is 9.53 Å². The summed E-state index contributed by atoms with van der Waals surface area (Å²) in [5.74, 6) is 0.889. The van der Waals surface area contributed by atoms with Crippen molar-refractivity contribution in [3.63, 3.8) is 0 Å². The molecule has 3 heterocycles. The van der Waals surface area contributed by atoms with Gasteiger partial charge in [0.1, 0.15) is 0 Å². The molecular formula is C11H17NO2. The molecule has 78 valence electrons. The third-order valence-corrected chi connectivity index (χ3v) is 4.57. The van der Waals surface area contributed by atoms with Gasteiger partial charge in [0, 0.05) is 18.5 Å². The van der Waals surface area contributed by atoms with Gasteiger partial charge >= 0.3 is 0 Å². The van der Waals surface area contributed by atoms with Crippen LogP contribution in [0.3, 0.4) is 0 Å². The zero-order chi connectivity index (χ0) is 10.1. The van der Waals surface area contributed by atoms with Gasteiger partial charge in [-0.2, -0.15) is 0 Å². The van der Waals surface area contributed by atoms with E-state index in [0.29, 0.717) is 17.9 Å². The third-order valence-electron chi connectivity index (χ3n) is 4.57. The van der Waals surface area contributed by atoms with Crippen molar-refractivity contribution in [1.82, 2.24) is 4.90 Å². The summed E-state index contributed by atoms with van der Waals surface area (Å²) < 4.78 is 5.85. The number of carbonyl (C=O) groups is 1. The summed E-state index contributed by atoms with van der Waals surface area (Å²) in [7, 11) is 1.93. The lowest BCUT2D eigenvalue weighted by molar-refractivity contribution is -0.134. The lowest BCUT2D eigenvalue weighted by Crippen LogP contribution is -2.44. The average Bonchev–Trinajstić information content (AvgIpc) is 2.76. The third kappa shape index (κ3) is 0.761. The van der Waals surface area contributed by atoms with Gasteiger partial charge in [-0.3, -0.25) is 4.79 Å². The molecule has 3 saturated heterocycles. The van der Waals surface area contributed by atoms with Crippen LogP contribution in [0, 0.1) is 11.8 Å². The van der Waals surface area contributed by atoms with Gasteiger partial charge in [0.25, 0.3) is 0 Å². The maximum absolute atomic E-state index is 12.0. The molecule has 3 rings (SSSR count). The van der Waals surface area contributed by atoms with E-state index in [1.807, 2.05) is 11.9 Å². The minimum atomic E-state index is -0.0123. The summed E-state index contributed by atoms with van der Waals surface area (Å²) in [5.41, 5.74) is -0.0123. The maximum Gasteiger partial charge on any atom is 0.228 e. The summed E-state index contributed by atoms with van der Waals surface area (Å²) in [5, 5.41) is 0. The Hall–Kier alpha value is -0.570. The highest BCUT2D eigenvalue weighted by Crippen LogP contribution is 2.54. The Kier molecular flexibility index (Phi) is 1.45. The fraction of sp³-hybridized carbons (Fsp3) is 0.909. The van der Waals surface area contributed by atoms with Gasteiger partial charge in [-0.05, 0) is 26.7 Å². The molecule has 0 aromatic carbocycles. The molecule has 2 bridgehead atoms. The van der Waals surface area contributed by atoms with Crippen LogP contribution in [0.2, 0.25) is 0 Å². The molecule has 0 N–H and O–H groups in total. The molecule has 3 fully saturated rings. The lowest BCUT2D eigenvalue weighted by atomic mass is 9.73. The highest BCUT2D eigenvalue weighted by atomic mass is 16.5. The summed E-state index contributed by atoms with van der Waals surface area (Å²) in [4.78, 5) is 14.0. The minimum absolute atomic E-state index is 0.0123. The molecule has 0 aliphatic carbocycles. The van der Waals surface area contributed by atoms with Crippen molar-refractivity contribution in [1.29, 1.82) is 0 Å². The quantitative estimate of drug-likeness (QED) is 0.578. The number of carbonyl (C=O) groups excluding carboxylic acids is 1. The molecule has 4 unspecified atom stereocenters. The van der Waals surface area contributed by atoms with Crippen LogP contribution in [0.5, 0.6) is 0 Å². The fourth-order valence-corrected chi connectivity index (χ4v) is 3.62. The van der Waals surface area contributed by atoms with Crippen LogP contribution in [0.15, 0.2) is 0 Å². The number of hydrogen-bond acceptors (Lipinski definition) is 2. The van der Waals surface area contributed by atoms with Gasteiger partial charge in [0.2, 0.25) is 5.91 Å². The number of likely N-dealkylation sites (tertiary alicyclic amines) is 1. The van der Waals surface area contributed by atoms with Gasteiger partial charge in [-0.15, -0.1) is 0 Å². The van der Waals surface area contributed by atoms with Crippen molar-refractivity contribution >= 4 is 5.91 Å². The molecule has 0 spiro atoms. The number of fused-ring (bicyclic) bond motifs is 5. The Balaban J connectivity index is 2.04. The number of nitrogens with zero attached hydrogens (tertiary/aromatic N) is 1. The monoisotopic (exact) mass is 195 g/mol. The van der Waals surface area contributed by atoms with E-state index in [9.17, 15) is 4.79 Å². The van der Waals surface area contributed by atoms with E-state index in [4.69, 9.17) is 4.74 Å². The number of rotatable bonds is 0. The molecule has 3 aliphatic rings. The molecule has 0 saturated carbocycles. The fourth-order valence-electron chi connectivity index (χ4n) is 3.62. The van der Waals surface area contributed by atoms with Gasteiger partial charge in [-0.1, -0.05) is 0 Å². The summed E-state index contributed by atoms with van der Waals surface area (Å²) in [6.45, 7) is 4.33. The first kappa shape index (κ1) is 8.72. The van der Waals surface area contributed by atoms with Crippen LogP contribution in [0.4, 0.5) is 0 Å². The summed E-state index contributed by atoms with van der Waals surface area (Å²) >= 11 is 0. The normalized spacial score (nSPS) is 48.8. The van der Waals surface area contributed by atoms with Gasteiger partial charge in [0.15, 0.2) is 0 Å². The topological polar surface area (TPSA) is 29.5 Å². The van der Waals surface area contributed by atoms with E-state index in [0.717, 1.165) is 12.8 Å². The van der Waals surface area contributed by atoms with Crippen LogP contribution in [-0.4, -0.2) is 35.6 Å². The molecule has 3 heteroatoms. The molecule has 0 aromatic rings. The Morgan fingerprint density at radius 3 is 2.64 bits per heavy atom. The Morgan fingerprint density at radius 2 is 2.00 bits per heavy atom. The van der Waals surface area contributed by atoms with Gasteiger partial charge in [0.05, 0.1) is 18.1 Å². The molecule has 4 atom stereocenters. The molecule has 0 radical (unpaired) electrons. The molecule has 0 aromatic heterocycles. The first-order valence-corrected chi connectivity index (χ1v) is 5.46. The second-order valence-corrected chi connectivity index (χ2v) is 5.39. The van der Waals surface area contributed by atoms with E-state index in [1.54, 1.807) is 0 Å². The first-order valence-electron chi connectivity index (χ1n) is 5.46. The van der Waals surface area contributed by atoms with Crippen LogP contribution in [0.25, 0.3) is 0 Å².